The van der Waals surface area contributed by atoms with E-state index in [9.17, 15) is 18.8 Å². The second kappa shape index (κ2) is 23.4. The van der Waals surface area contributed by atoms with Crippen LogP contribution in [0.5, 0.6) is 0 Å². The number of cyclic esters (lactones) is 2. The Morgan fingerprint density at radius 1 is 0.692 bits per heavy atom. The molecule has 9 rings (SSSR count). The minimum atomic E-state index is -1.00. The number of carbonyl (C=O) groups is 3. The number of nitrogen functional groups attached to an aromatic ring is 1. The van der Waals surface area contributed by atoms with Crippen LogP contribution in [-0.4, -0.2) is 69.2 Å². The third-order valence-electron chi connectivity index (χ3n) is 10.8. The molecule has 0 aliphatic carbocycles. The van der Waals surface area contributed by atoms with Gasteiger partial charge in [-0.25, -0.2) is 4.79 Å². The summed E-state index contributed by atoms with van der Waals surface area (Å²) in [7, 11) is -1.00. The van der Waals surface area contributed by atoms with Crippen molar-refractivity contribution in [1.29, 1.82) is 0 Å². The van der Waals surface area contributed by atoms with E-state index in [1.807, 2.05) is 77.7 Å². The van der Waals surface area contributed by atoms with Crippen molar-refractivity contribution in [1.82, 2.24) is 10.2 Å². The van der Waals surface area contributed by atoms with E-state index in [0.717, 1.165) is 47.2 Å². The molecular weight excluding hydrogens is 954 g/mol. The summed E-state index contributed by atoms with van der Waals surface area (Å²) in [6.45, 7) is 4.37. The van der Waals surface area contributed by atoms with E-state index in [1.54, 1.807) is 48.5 Å². The minimum Gasteiger partial charge on any atom is -0.398 e. The maximum Gasteiger partial charge on any atom is 0.346 e. The van der Waals surface area contributed by atoms with Crippen LogP contribution in [0, 0.1) is 0 Å². The van der Waals surface area contributed by atoms with Crippen LogP contribution in [0.3, 0.4) is 0 Å². The van der Waals surface area contributed by atoms with Crippen LogP contribution in [0.4, 0.5) is 21.5 Å². The zero-order valence-corrected chi connectivity index (χ0v) is 39.2. The van der Waals surface area contributed by atoms with Gasteiger partial charge >= 0.3 is 11.9 Å². The smallest absolute Gasteiger partial charge is 0.346 e. The van der Waals surface area contributed by atoms with Gasteiger partial charge in [-0.15, -0.1) is 0 Å². The largest absolute Gasteiger partial charge is 0.398 e. The second-order valence-corrected chi connectivity index (χ2v) is 17.4. The van der Waals surface area contributed by atoms with Gasteiger partial charge in [-0.05, 0) is 95.6 Å². The number of hydrogen-bond acceptors (Lipinski definition) is 8. The van der Waals surface area contributed by atoms with Gasteiger partial charge in [0.1, 0.15) is 0 Å². The Hall–Kier alpha value is -5.04. The van der Waals surface area contributed by atoms with Crippen molar-refractivity contribution >= 4 is 105 Å². The predicted octanol–water partition coefficient (Wildman–Crippen LogP) is 12.2. The number of nitrogens with one attached hydrogen (secondary N) is 1. The first kappa shape index (κ1) is 47.9. The predicted molar refractivity (Wildman–Crippen MR) is 263 cm³/mol. The van der Waals surface area contributed by atoms with Gasteiger partial charge in [-0.1, -0.05) is 124 Å². The number of ether oxygens (including phenoxy) is 1. The molecule has 6 aromatic carbocycles. The van der Waals surface area contributed by atoms with Crippen LogP contribution < -0.4 is 20.9 Å². The van der Waals surface area contributed by atoms with Crippen LogP contribution in [0.2, 0.25) is 30.1 Å². The van der Waals surface area contributed by atoms with Crippen molar-refractivity contribution in [3.05, 3.63) is 191 Å². The average Bonchev–Trinajstić information content (AvgIpc) is 3.30. The van der Waals surface area contributed by atoms with E-state index in [2.05, 4.69) is 32.0 Å². The van der Waals surface area contributed by atoms with E-state index in [0.29, 0.717) is 61.6 Å². The summed E-state index contributed by atoms with van der Waals surface area (Å²) >= 11 is 37.1. The number of nitrogens with zero attached hydrogens (tertiary/aromatic N) is 3. The standard InChI is InChI=1S/C23H20Cl3N3O.C16H15Cl3N2.C9H6O3.CH3F/c24-16-7-5-15(6-8-16)22-14-28(23(30)18-3-1-2-4-20(18)27)11-12-29(22)21-10-9-17(25)13-19(21)26;17-12-3-1-11(2-4-12)16-10-20-7-8-21(16)15-6-5-13(18)9-14(15)19;10-8-5-6-3-1-2-4-7(6)9(11)12-8;1-2/h1-10,13,22H,11-12,14,27H2;1-6,9,16,20H,7-8,10H2;1-4H,5H2;1H3/i;;;1D. The molecule has 6 aromatic rings. The molecule has 9 nitrogen and oxygen atoms in total. The molecule has 16 heteroatoms. The average molecular weight is 1000 g/mol. The fourth-order valence-corrected chi connectivity index (χ4v) is 9.00. The first-order chi connectivity index (χ1) is 31.8. The number of nitrogens with two attached hydrogens (primary N) is 1. The maximum absolute atomic E-state index is 13.2. The highest BCUT2D eigenvalue weighted by atomic mass is 35.5. The number of para-hydroxylation sites is 1. The Balaban J connectivity index is 0.000000172. The van der Waals surface area contributed by atoms with Crippen molar-refractivity contribution in [2.75, 3.05) is 62.0 Å². The van der Waals surface area contributed by atoms with Crippen LogP contribution in [0.15, 0.2) is 133 Å². The van der Waals surface area contributed by atoms with Crippen LogP contribution in [-0.2, 0) is 16.0 Å². The van der Waals surface area contributed by atoms with Crippen molar-refractivity contribution < 1.29 is 24.9 Å². The van der Waals surface area contributed by atoms with Gasteiger partial charge in [0, 0.05) is 65.0 Å². The molecule has 0 aromatic heterocycles. The van der Waals surface area contributed by atoms with Gasteiger partial charge in [-0.3, -0.25) is 14.0 Å². The molecule has 2 saturated heterocycles. The number of benzene rings is 6. The molecule has 3 aliphatic rings. The van der Waals surface area contributed by atoms with Gasteiger partial charge in [0.25, 0.3) is 5.91 Å². The van der Waals surface area contributed by atoms with Crippen molar-refractivity contribution in [3.8, 4) is 0 Å². The molecule has 0 radical (unpaired) electrons. The molecule has 0 bridgehead atoms. The summed E-state index contributed by atoms with van der Waals surface area (Å²) in [6, 6.07) is 41.0. The molecule has 0 saturated carbocycles. The number of amides is 1. The summed E-state index contributed by atoms with van der Waals surface area (Å²) < 4.78 is 19.9. The number of alkyl halides is 1. The van der Waals surface area contributed by atoms with Crippen LogP contribution in [0.25, 0.3) is 0 Å². The van der Waals surface area contributed by atoms with Crippen molar-refractivity contribution in [3.63, 3.8) is 0 Å². The molecule has 2 unspecified atom stereocenters. The SMILES string of the molecule is Clc1ccc(C2CNCCN2c2ccc(Cl)cc2Cl)cc1.Nc1ccccc1C(=O)N1CCN(c2ccc(Cl)cc2Cl)C(c2ccc(Cl)cc2)C1.O=C1Cc2ccccc2C(=O)O1.[2H]CF. The normalized spacial score (nSPS) is 16.8. The van der Waals surface area contributed by atoms with Crippen LogP contribution >= 0.6 is 69.6 Å². The number of carbonyl (C=O) groups excluding carboxylic acids is 3. The number of fused-ring (bicyclic) bond motifs is 1. The zero-order valence-electron chi connectivity index (χ0n) is 35.7. The lowest BCUT2D eigenvalue weighted by Crippen LogP contribution is -2.50. The van der Waals surface area contributed by atoms with Gasteiger partial charge < -0.3 is 30.5 Å². The second-order valence-electron chi connectivity index (χ2n) is 14.9. The molecule has 3 N–H and O–H groups in total. The fraction of sp³-hybridized carbons (Fsp3) is 0.204. The van der Waals surface area contributed by atoms with Crippen LogP contribution in [0.1, 0.15) is 50.9 Å². The van der Waals surface area contributed by atoms with E-state index in [4.69, 9.17) is 76.7 Å². The number of esters is 2. The lowest BCUT2D eigenvalue weighted by atomic mass is 10.0. The molecule has 2 atom stereocenters. The summed E-state index contributed by atoms with van der Waals surface area (Å²) in [6.07, 6.45) is 0.196. The van der Waals surface area contributed by atoms with Crippen molar-refractivity contribution in [2.24, 2.45) is 0 Å². The fourth-order valence-electron chi connectivity index (χ4n) is 7.72. The molecular formula is C49H44Cl6FN5O4. The Morgan fingerprint density at radius 3 is 1.80 bits per heavy atom. The number of anilines is 3. The van der Waals surface area contributed by atoms with E-state index in [-0.39, 0.29) is 24.4 Å². The van der Waals surface area contributed by atoms with E-state index in [1.165, 1.54) is 5.56 Å². The molecule has 2 fully saturated rings. The minimum absolute atomic E-state index is 0.0751. The Labute approximate surface area is 409 Å². The van der Waals surface area contributed by atoms with Gasteiger partial charge in [0.05, 0.1) is 59.6 Å². The number of piperazine rings is 2. The summed E-state index contributed by atoms with van der Waals surface area (Å²) in [5.74, 6) is -1.09. The quantitative estimate of drug-likeness (QED) is 0.0999. The lowest BCUT2D eigenvalue weighted by molar-refractivity contribution is -0.137. The van der Waals surface area contributed by atoms with Gasteiger partial charge in [0.2, 0.25) is 0 Å². The third-order valence-corrected chi connectivity index (χ3v) is 12.4. The zero-order chi connectivity index (χ0) is 47.3. The molecule has 65 heavy (non-hydrogen) atoms. The monoisotopic (exact) mass is 996 g/mol. The maximum atomic E-state index is 13.2. The first-order valence-electron chi connectivity index (χ1n) is 21.0. The Bertz CT molecular complexity index is 2630. The molecule has 338 valence electrons. The molecule has 3 aliphatic heterocycles. The highest BCUT2D eigenvalue weighted by molar-refractivity contribution is 6.37. The van der Waals surface area contributed by atoms with E-state index < -0.39 is 19.1 Å². The Morgan fingerprint density at radius 2 is 1.22 bits per heavy atom. The van der Waals surface area contributed by atoms with Gasteiger partial charge in [0.15, 0.2) is 0 Å². The van der Waals surface area contributed by atoms with Crippen molar-refractivity contribution in [2.45, 2.75) is 18.5 Å². The topological polar surface area (TPSA) is 108 Å². The molecule has 3 heterocycles. The number of rotatable bonds is 5. The number of hydrogen-bond donors (Lipinski definition) is 2. The Kier molecular flexibility index (Phi) is 17.3. The van der Waals surface area contributed by atoms with E-state index >= 15 is 0 Å². The third kappa shape index (κ3) is 12.7. The highest BCUT2D eigenvalue weighted by Crippen LogP contribution is 2.38. The lowest BCUT2D eigenvalue weighted by Gasteiger charge is -2.43. The highest BCUT2D eigenvalue weighted by Gasteiger charge is 2.33. The summed E-state index contributed by atoms with van der Waals surface area (Å²) in [5, 5.41) is 7.35. The number of halogens is 7. The summed E-state index contributed by atoms with van der Waals surface area (Å²) in [5.41, 5.74) is 12.4. The van der Waals surface area contributed by atoms with Gasteiger partial charge in [-0.2, -0.15) is 0 Å². The molecule has 1 amide bonds. The molecule has 0 spiro atoms. The summed E-state index contributed by atoms with van der Waals surface area (Å²) in [4.78, 5) is 41.4. The first-order valence-corrected chi connectivity index (χ1v) is 22.5.